The molecule has 3 heteroatoms. The van der Waals surface area contributed by atoms with Crippen molar-refractivity contribution in [2.75, 3.05) is 11.9 Å². The summed E-state index contributed by atoms with van der Waals surface area (Å²) < 4.78 is 2.32. The number of imidazole rings is 1. The molecular formula is C12H19N3. The van der Waals surface area contributed by atoms with Crippen molar-refractivity contribution in [1.29, 1.82) is 0 Å². The molecule has 82 valence electrons. The highest BCUT2D eigenvalue weighted by Gasteiger charge is 2.26. The summed E-state index contributed by atoms with van der Waals surface area (Å²) in [4.78, 5) is 4.54. The number of nitrogens with zero attached hydrogens (tertiary/aromatic N) is 2. The third-order valence-electron chi connectivity index (χ3n) is 3.33. The van der Waals surface area contributed by atoms with E-state index in [1.165, 1.54) is 32.1 Å². The molecule has 1 N–H and O–H groups in total. The van der Waals surface area contributed by atoms with Gasteiger partial charge in [0.05, 0.1) is 5.69 Å². The zero-order chi connectivity index (χ0) is 10.3. The molecule has 0 radical (unpaired) electrons. The lowest BCUT2D eigenvalue weighted by Gasteiger charge is -2.07. The van der Waals surface area contributed by atoms with Crippen molar-refractivity contribution in [3.63, 3.8) is 0 Å². The SMILES string of the molecule is Cc1cn(C2CC2)c(NCCC2CC2)n1. The molecule has 3 rings (SSSR count). The van der Waals surface area contributed by atoms with Crippen LogP contribution in [0.2, 0.25) is 0 Å². The maximum Gasteiger partial charge on any atom is 0.203 e. The van der Waals surface area contributed by atoms with Crippen LogP contribution in [0.4, 0.5) is 5.95 Å². The van der Waals surface area contributed by atoms with Crippen LogP contribution in [0.25, 0.3) is 0 Å². The zero-order valence-electron chi connectivity index (χ0n) is 9.37. The Hall–Kier alpha value is -0.990. The number of aromatic nitrogens is 2. The molecule has 0 atom stereocenters. The molecule has 1 heterocycles. The van der Waals surface area contributed by atoms with Crippen LogP contribution in [0.3, 0.4) is 0 Å². The minimum absolute atomic E-state index is 0.731. The van der Waals surface area contributed by atoms with Gasteiger partial charge in [0.2, 0.25) is 5.95 Å². The van der Waals surface area contributed by atoms with Gasteiger partial charge in [-0.3, -0.25) is 0 Å². The highest BCUT2D eigenvalue weighted by Crippen LogP contribution is 2.37. The van der Waals surface area contributed by atoms with E-state index in [0.29, 0.717) is 0 Å². The monoisotopic (exact) mass is 205 g/mol. The molecule has 2 aliphatic rings. The Kier molecular flexibility index (Phi) is 2.19. The first-order valence-corrected chi connectivity index (χ1v) is 6.12. The first-order valence-electron chi connectivity index (χ1n) is 6.12. The smallest absolute Gasteiger partial charge is 0.203 e. The molecule has 0 bridgehead atoms. The van der Waals surface area contributed by atoms with Crippen LogP contribution in [-0.2, 0) is 0 Å². The summed E-state index contributed by atoms with van der Waals surface area (Å²) in [6, 6.07) is 0.731. The second-order valence-corrected chi connectivity index (χ2v) is 5.00. The molecule has 2 aliphatic carbocycles. The van der Waals surface area contributed by atoms with Crippen molar-refractivity contribution < 1.29 is 0 Å². The minimum Gasteiger partial charge on any atom is -0.356 e. The minimum atomic E-state index is 0.731. The van der Waals surface area contributed by atoms with Crippen molar-refractivity contribution in [3.05, 3.63) is 11.9 Å². The van der Waals surface area contributed by atoms with E-state index >= 15 is 0 Å². The second kappa shape index (κ2) is 3.54. The first-order chi connectivity index (χ1) is 7.33. The Labute approximate surface area is 90.9 Å². The van der Waals surface area contributed by atoms with Gasteiger partial charge in [0, 0.05) is 18.8 Å². The predicted molar refractivity (Wildman–Crippen MR) is 61.1 cm³/mol. The molecule has 0 spiro atoms. The van der Waals surface area contributed by atoms with Gasteiger partial charge in [0.25, 0.3) is 0 Å². The molecular weight excluding hydrogens is 186 g/mol. The van der Waals surface area contributed by atoms with Gasteiger partial charge in [0.1, 0.15) is 0 Å². The number of aryl methyl sites for hydroxylation is 1. The Morgan fingerprint density at radius 2 is 2.20 bits per heavy atom. The van der Waals surface area contributed by atoms with Crippen molar-refractivity contribution in [2.45, 2.75) is 45.1 Å². The van der Waals surface area contributed by atoms with Gasteiger partial charge in [-0.15, -0.1) is 0 Å². The Morgan fingerprint density at radius 3 is 2.87 bits per heavy atom. The standard InChI is InChI=1S/C12H19N3/c1-9-8-15(11-4-5-11)12(14-9)13-7-6-10-2-3-10/h8,10-11H,2-7H2,1H3,(H,13,14). The van der Waals surface area contributed by atoms with E-state index in [1.807, 2.05) is 0 Å². The van der Waals surface area contributed by atoms with E-state index in [-0.39, 0.29) is 0 Å². The number of nitrogens with one attached hydrogen (secondary N) is 1. The normalized spacial score (nSPS) is 20.6. The fraction of sp³-hybridized carbons (Fsp3) is 0.750. The van der Waals surface area contributed by atoms with Crippen LogP contribution in [0.1, 0.15) is 43.8 Å². The summed E-state index contributed by atoms with van der Waals surface area (Å²) in [6.07, 6.45) is 9.03. The Morgan fingerprint density at radius 1 is 1.40 bits per heavy atom. The van der Waals surface area contributed by atoms with Crippen LogP contribution < -0.4 is 5.32 Å². The summed E-state index contributed by atoms with van der Waals surface area (Å²) in [5.41, 5.74) is 1.14. The van der Waals surface area contributed by atoms with Crippen LogP contribution in [-0.4, -0.2) is 16.1 Å². The van der Waals surface area contributed by atoms with E-state index in [2.05, 4.69) is 28.0 Å². The average Bonchev–Trinajstić information content (AvgIpc) is 3.08. The fourth-order valence-electron chi connectivity index (χ4n) is 2.07. The summed E-state index contributed by atoms with van der Waals surface area (Å²) in [5.74, 6) is 2.10. The van der Waals surface area contributed by atoms with Gasteiger partial charge in [-0.05, 0) is 32.1 Å². The lowest BCUT2D eigenvalue weighted by molar-refractivity contribution is 0.718. The number of hydrogen-bond donors (Lipinski definition) is 1. The van der Waals surface area contributed by atoms with E-state index < -0.39 is 0 Å². The zero-order valence-corrected chi connectivity index (χ0v) is 9.37. The van der Waals surface area contributed by atoms with Crippen LogP contribution >= 0.6 is 0 Å². The summed E-state index contributed by atoms with van der Waals surface area (Å²) in [6.45, 7) is 3.17. The highest BCUT2D eigenvalue weighted by atomic mass is 15.2. The largest absolute Gasteiger partial charge is 0.356 e. The molecule has 3 nitrogen and oxygen atoms in total. The maximum atomic E-state index is 4.54. The topological polar surface area (TPSA) is 29.9 Å². The van der Waals surface area contributed by atoms with E-state index in [0.717, 1.165) is 30.1 Å². The quantitative estimate of drug-likeness (QED) is 0.801. The molecule has 1 aromatic rings. The first kappa shape index (κ1) is 9.25. The van der Waals surface area contributed by atoms with E-state index in [1.54, 1.807) is 0 Å². The number of rotatable bonds is 5. The Bertz CT molecular complexity index is 348. The van der Waals surface area contributed by atoms with Crippen molar-refractivity contribution in [3.8, 4) is 0 Å². The molecule has 0 saturated heterocycles. The summed E-state index contributed by atoms with van der Waals surface area (Å²) in [5, 5.41) is 3.48. The summed E-state index contributed by atoms with van der Waals surface area (Å²) >= 11 is 0. The summed E-state index contributed by atoms with van der Waals surface area (Å²) in [7, 11) is 0. The molecule has 15 heavy (non-hydrogen) atoms. The number of anilines is 1. The fourth-order valence-corrected chi connectivity index (χ4v) is 2.07. The average molecular weight is 205 g/mol. The second-order valence-electron chi connectivity index (χ2n) is 5.00. The van der Waals surface area contributed by atoms with Gasteiger partial charge in [-0.2, -0.15) is 0 Å². The molecule has 0 aliphatic heterocycles. The van der Waals surface area contributed by atoms with Gasteiger partial charge in [-0.1, -0.05) is 12.8 Å². The lowest BCUT2D eigenvalue weighted by Crippen LogP contribution is -2.08. The lowest BCUT2D eigenvalue weighted by atomic mass is 10.3. The molecule has 0 aromatic carbocycles. The molecule has 2 fully saturated rings. The number of hydrogen-bond acceptors (Lipinski definition) is 2. The van der Waals surface area contributed by atoms with Crippen molar-refractivity contribution in [2.24, 2.45) is 5.92 Å². The van der Waals surface area contributed by atoms with E-state index in [9.17, 15) is 0 Å². The van der Waals surface area contributed by atoms with Gasteiger partial charge >= 0.3 is 0 Å². The molecule has 2 saturated carbocycles. The predicted octanol–water partition coefficient (Wildman–Crippen LogP) is 2.74. The van der Waals surface area contributed by atoms with Crippen molar-refractivity contribution in [1.82, 2.24) is 9.55 Å². The van der Waals surface area contributed by atoms with Gasteiger partial charge < -0.3 is 9.88 Å². The third-order valence-corrected chi connectivity index (χ3v) is 3.33. The third kappa shape index (κ3) is 2.16. The van der Waals surface area contributed by atoms with Gasteiger partial charge in [-0.25, -0.2) is 4.98 Å². The molecule has 0 amide bonds. The van der Waals surface area contributed by atoms with Crippen LogP contribution in [0, 0.1) is 12.8 Å². The molecule has 0 unspecified atom stereocenters. The van der Waals surface area contributed by atoms with Crippen LogP contribution in [0.5, 0.6) is 0 Å². The van der Waals surface area contributed by atoms with Crippen LogP contribution in [0.15, 0.2) is 6.20 Å². The van der Waals surface area contributed by atoms with Gasteiger partial charge in [0.15, 0.2) is 0 Å². The van der Waals surface area contributed by atoms with Crippen molar-refractivity contribution >= 4 is 5.95 Å². The highest BCUT2D eigenvalue weighted by molar-refractivity contribution is 5.30. The van der Waals surface area contributed by atoms with E-state index in [4.69, 9.17) is 0 Å². The Balaban J connectivity index is 1.61. The molecule has 1 aromatic heterocycles. The maximum absolute atomic E-state index is 4.54.